The maximum Gasteiger partial charge on any atom is 0.151 e. The zero-order chi connectivity index (χ0) is 9.68. The predicted molar refractivity (Wildman–Crippen MR) is 45.0 cm³/mol. The highest BCUT2D eigenvalue weighted by molar-refractivity contribution is 5.75. The van der Waals surface area contributed by atoms with Crippen LogP contribution in [0, 0.1) is 0 Å². The molecule has 0 aromatic carbocycles. The summed E-state index contributed by atoms with van der Waals surface area (Å²) in [6, 6.07) is 0. The fraction of sp³-hybridized carbons (Fsp3) is 0.625. The Balaban J connectivity index is 2.48. The summed E-state index contributed by atoms with van der Waals surface area (Å²) in [5.74, 6) is 0.0296. The second-order valence-electron chi connectivity index (χ2n) is 2.90. The van der Waals surface area contributed by atoms with Gasteiger partial charge in [0.15, 0.2) is 5.78 Å². The van der Waals surface area contributed by atoms with Gasteiger partial charge >= 0.3 is 0 Å². The summed E-state index contributed by atoms with van der Waals surface area (Å²) in [7, 11) is 0. The van der Waals surface area contributed by atoms with Gasteiger partial charge < -0.3 is 0 Å². The van der Waals surface area contributed by atoms with Gasteiger partial charge in [0.1, 0.15) is 6.54 Å². The van der Waals surface area contributed by atoms with Gasteiger partial charge in [-0.05, 0) is 19.8 Å². The summed E-state index contributed by atoms with van der Waals surface area (Å²) in [5, 5.41) is 7.53. The van der Waals surface area contributed by atoms with Crippen LogP contribution in [0.2, 0.25) is 0 Å². The highest BCUT2D eigenvalue weighted by Crippen LogP contribution is 1.98. The topological polar surface area (TPSA) is 47.8 Å². The number of halogens is 1. The SMILES string of the molecule is CC(=O)Cn1cc(CCCF)nn1. The van der Waals surface area contributed by atoms with Gasteiger partial charge in [-0.25, -0.2) is 4.68 Å². The molecular formula is C8H12FN3O. The minimum Gasteiger partial charge on any atom is -0.298 e. The van der Waals surface area contributed by atoms with Gasteiger partial charge in [0.05, 0.1) is 12.4 Å². The molecule has 5 heteroatoms. The fourth-order valence-electron chi connectivity index (χ4n) is 1.01. The monoisotopic (exact) mass is 185 g/mol. The van der Waals surface area contributed by atoms with Crippen LogP contribution in [0.25, 0.3) is 0 Å². The van der Waals surface area contributed by atoms with Crippen molar-refractivity contribution >= 4 is 5.78 Å². The van der Waals surface area contributed by atoms with E-state index in [-0.39, 0.29) is 19.0 Å². The average Bonchev–Trinajstić information content (AvgIpc) is 2.48. The molecular weight excluding hydrogens is 173 g/mol. The lowest BCUT2D eigenvalue weighted by Crippen LogP contribution is -2.06. The summed E-state index contributed by atoms with van der Waals surface area (Å²) in [6.45, 7) is 1.38. The minimum absolute atomic E-state index is 0.0296. The van der Waals surface area contributed by atoms with Gasteiger partial charge in [0, 0.05) is 6.20 Å². The normalized spacial score (nSPS) is 10.3. The molecule has 0 aliphatic rings. The summed E-state index contributed by atoms with van der Waals surface area (Å²) in [6.07, 6.45) is 2.71. The molecule has 0 N–H and O–H groups in total. The molecule has 0 spiro atoms. The largest absolute Gasteiger partial charge is 0.298 e. The first kappa shape index (κ1) is 9.83. The zero-order valence-electron chi connectivity index (χ0n) is 7.53. The third-order valence-corrected chi connectivity index (χ3v) is 1.54. The van der Waals surface area contributed by atoms with Crippen LogP contribution in [0.15, 0.2) is 6.20 Å². The highest BCUT2D eigenvalue weighted by atomic mass is 19.1. The van der Waals surface area contributed by atoms with Crippen molar-refractivity contribution in [1.82, 2.24) is 15.0 Å². The molecule has 0 bridgehead atoms. The maximum atomic E-state index is 11.8. The molecule has 0 radical (unpaired) electrons. The number of aryl methyl sites for hydroxylation is 1. The van der Waals surface area contributed by atoms with Crippen LogP contribution in [0.1, 0.15) is 19.0 Å². The molecule has 0 amide bonds. The van der Waals surface area contributed by atoms with Gasteiger partial charge in [0.25, 0.3) is 0 Å². The molecule has 0 saturated heterocycles. The number of aromatic nitrogens is 3. The molecule has 1 aromatic rings. The fourth-order valence-corrected chi connectivity index (χ4v) is 1.01. The standard InChI is InChI=1S/C8H12FN3O/c1-7(13)5-12-6-8(10-11-12)3-2-4-9/h6H,2-5H2,1H3. The first-order chi connectivity index (χ1) is 6.22. The number of hydrogen-bond donors (Lipinski definition) is 0. The second-order valence-corrected chi connectivity index (χ2v) is 2.90. The van der Waals surface area contributed by atoms with Crippen molar-refractivity contribution in [3.63, 3.8) is 0 Å². The van der Waals surface area contributed by atoms with E-state index < -0.39 is 0 Å². The Bertz CT molecular complexity index is 285. The average molecular weight is 185 g/mol. The van der Waals surface area contributed by atoms with E-state index in [1.165, 1.54) is 11.6 Å². The molecule has 0 saturated carbocycles. The number of nitrogens with zero attached hydrogens (tertiary/aromatic N) is 3. The molecule has 1 rings (SSSR count). The van der Waals surface area contributed by atoms with Crippen molar-refractivity contribution in [3.8, 4) is 0 Å². The lowest BCUT2D eigenvalue weighted by molar-refractivity contribution is -0.117. The maximum absolute atomic E-state index is 11.8. The molecule has 0 unspecified atom stereocenters. The van der Waals surface area contributed by atoms with Gasteiger partial charge in [-0.3, -0.25) is 9.18 Å². The third kappa shape index (κ3) is 3.31. The number of carbonyl (C=O) groups is 1. The Morgan fingerprint density at radius 1 is 1.69 bits per heavy atom. The minimum atomic E-state index is -0.348. The molecule has 0 atom stereocenters. The van der Waals surface area contributed by atoms with E-state index in [0.29, 0.717) is 12.8 Å². The van der Waals surface area contributed by atoms with Crippen LogP contribution in [0.5, 0.6) is 0 Å². The van der Waals surface area contributed by atoms with Crippen molar-refractivity contribution in [2.45, 2.75) is 26.3 Å². The van der Waals surface area contributed by atoms with E-state index in [9.17, 15) is 9.18 Å². The van der Waals surface area contributed by atoms with Gasteiger partial charge in [-0.15, -0.1) is 5.10 Å². The van der Waals surface area contributed by atoms with Gasteiger partial charge in [-0.2, -0.15) is 0 Å². The van der Waals surface area contributed by atoms with Crippen LogP contribution < -0.4 is 0 Å². The van der Waals surface area contributed by atoms with Crippen molar-refractivity contribution in [2.75, 3.05) is 6.67 Å². The Morgan fingerprint density at radius 3 is 3.08 bits per heavy atom. The Labute approximate surface area is 75.7 Å². The molecule has 1 heterocycles. The van der Waals surface area contributed by atoms with Crippen molar-refractivity contribution in [2.24, 2.45) is 0 Å². The van der Waals surface area contributed by atoms with E-state index >= 15 is 0 Å². The summed E-state index contributed by atoms with van der Waals surface area (Å²) in [5.41, 5.74) is 0.735. The molecule has 72 valence electrons. The van der Waals surface area contributed by atoms with E-state index in [0.717, 1.165) is 5.69 Å². The van der Waals surface area contributed by atoms with Crippen LogP contribution in [0.4, 0.5) is 4.39 Å². The Hall–Kier alpha value is -1.26. The lowest BCUT2D eigenvalue weighted by atomic mass is 10.3. The summed E-state index contributed by atoms with van der Waals surface area (Å²) < 4.78 is 13.3. The van der Waals surface area contributed by atoms with Crippen LogP contribution in [-0.2, 0) is 17.8 Å². The molecule has 13 heavy (non-hydrogen) atoms. The number of hydrogen-bond acceptors (Lipinski definition) is 3. The number of Topliss-reactive ketones (excluding diaryl/α,β-unsaturated/α-hetero) is 1. The van der Waals surface area contributed by atoms with Crippen molar-refractivity contribution in [3.05, 3.63) is 11.9 Å². The highest BCUT2D eigenvalue weighted by Gasteiger charge is 2.01. The Kier molecular flexibility index (Phi) is 3.54. The van der Waals surface area contributed by atoms with Crippen LogP contribution >= 0.6 is 0 Å². The number of ketones is 1. The van der Waals surface area contributed by atoms with E-state index in [1.54, 1.807) is 6.20 Å². The Morgan fingerprint density at radius 2 is 2.46 bits per heavy atom. The zero-order valence-corrected chi connectivity index (χ0v) is 7.53. The molecule has 4 nitrogen and oxygen atoms in total. The van der Waals surface area contributed by atoms with E-state index in [2.05, 4.69) is 10.3 Å². The lowest BCUT2D eigenvalue weighted by Gasteiger charge is -1.92. The van der Waals surface area contributed by atoms with Crippen LogP contribution in [-0.4, -0.2) is 27.5 Å². The summed E-state index contributed by atoms with van der Waals surface area (Å²) >= 11 is 0. The van der Waals surface area contributed by atoms with E-state index in [1.807, 2.05) is 0 Å². The molecule has 0 aliphatic heterocycles. The predicted octanol–water partition coefficient (Wildman–Crippen LogP) is 0.769. The van der Waals surface area contributed by atoms with Crippen molar-refractivity contribution in [1.29, 1.82) is 0 Å². The number of alkyl halides is 1. The van der Waals surface area contributed by atoms with Crippen LogP contribution in [0.3, 0.4) is 0 Å². The molecule has 0 aliphatic carbocycles. The quantitative estimate of drug-likeness (QED) is 0.680. The second kappa shape index (κ2) is 4.69. The van der Waals surface area contributed by atoms with E-state index in [4.69, 9.17) is 0 Å². The third-order valence-electron chi connectivity index (χ3n) is 1.54. The summed E-state index contributed by atoms with van der Waals surface area (Å²) in [4.78, 5) is 10.7. The number of carbonyl (C=O) groups excluding carboxylic acids is 1. The van der Waals surface area contributed by atoms with Gasteiger partial charge in [0.2, 0.25) is 0 Å². The van der Waals surface area contributed by atoms with Crippen molar-refractivity contribution < 1.29 is 9.18 Å². The molecule has 1 aromatic heterocycles. The first-order valence-electron chi connectivity index (χ1n) is 4.17. The smallest absolute Gasteiger partial charge is 0.151 e. The first-order valence-corrected chi connectivity index (χ1v) is 4.17. The number of rotatable bonds is 5. The van der Waals surface area contributed by atoms with Gasteiger partial charge in [-0.1, -0.05) is 5.21 Å². The molecule has 0 fully saturated rings.